The first-order chi connectivity index (χ1) is 7.31. The van der Waals surface area contributed by atoms with Gasteiger partial charge in [0, 0.05) is 22.1 Å². The van der Waals surface area contributed by atoms with Crippen LogP contribution in [0.2, 0.25) is 0 Å². The van der Waals surface area contributed by atoms with Gasteiger partial charge in [-0.05, 0) is 30.2 Å². The summed E-state index contributed by atoms with van der Waals surface area (Å²) in [7, 11) is 0. The van der Waals surface area contributed by atoms with Crippen molar-refractivity contribution in [3.8, 4) is 0 Å². The van der Waals surface area contributed by atoms with E-state index in [1.807, 2.05) is 18.3 Å². The van der Waals surface area contributed by atoms with Crippen molar-refractivity contribution in [3.05, 3.63) is 52.0 Å². The average Bonchev–Trinajstić information content (AvgIpc) is 2.78. The molecule has 3 heteroatoms. The van der Waals surface area contributed by atoms with Crippen LogP contribution in [0.15, 0.2) is 36.7 Å². The summed E-state index contributed by atoms with van der Waals surface area (Å²) in [6.45, 7) is 2.16. The van der Waals surface area contributed by atoms with E-state index < -0.39 is 0 Å². The molecule has 2 rings (SSSR count). The Balaban J connectivity index is 2.24. The minimum atomic E-state index is -0.0380. The molecule has 78 valence electrons. The first-order valence-electron chi connectivity index (χ1n) is 5.05. The molecular formula is C12H14N2S. The Morgan fingerprint density at radius 1 is 1.40 bits per heavy atom. The van der Waals surface area contributed by atoms with Gasteiger partial charge >= 0.3 is 0 Å². The summed E-state index contributed by atoms with van der Waals surface area (Å²) in [5.74, 6) is 0. The van der Waals surface area contributed by atoms with Crippen molar-refractivity contribution >= 4 is 11.3 Å². The molecule has 0 bridgehead atoms. The highest BCUT2D eigenvalue weighted by molar-refractivity contribution is 7.12. The molecule has 0 fully saturated rings. The third kappa shape index (κ3) is 2.25. The van der Waals surface area contributed by atoms with Gasteiger partial charge in [-0.3, -0.25) is 4.98 Å². The van der Waals surface area contributed by atoms with Gasteiger partial charge in [0.2, 0.25) is 0 Å². The van der Waals surface area contributed by atoms with Gasteiger partial charge in [-0.2, -0.15) is 0 Å². The van der Waals surface area contributed by atoms with Crippen molar-refractivity contribution < 1.29 is 0 Å². The monoisotopic (exact) mass is 218 g/mol. The number of rotatable bonds is 3. The fourth-order valence-corrected chi connectivity index (χ4v) is 2.46. The van der Waals surface area contributed by atoms with Gasteiger partial charge in [-0.15, -0.1) is 11.3 Å². The summed E-state index contributed by atoms with van der Waals surface area (Å²) < 4.78 is 0. The lowest BCUT2D eigenvalue weighted by Crippen LogP contribution is -2.10. The van der Waals surface area contributed by atoms with E-state index in [4.69, 9.17) is 5.73 Å². The number of hydrogen-bond donors (Lipinski definition) is 1. The maximum Gasteiger partial charge on any atom is 0.0661 e. The Labute approximate surface area is 93.8 Å². The second kappa shape index (κ2) is 4.55. The molecule has 2 aromatic heterocycles. The van der Waals surface area contributed by atoms with Gasteiger partial charge in [0.05, 0.1) is 6.04 Å². The lowest BCUT2D eigenvalue weighted by molar-refractivity contribution is 0.884. The number of hydrogen-bond acceptors (Lipinski definition) is 3. The van der Waals surface area contributed by atoms with Crippen LogP contribution in [0.3, 0.4) is 0 Å². The van der Waals surface area contributed by atoms with E-state index in [-0.39, 0.29) is 6.04 Å². The molecule has 2 aromatic rings. The number of nitrogens with two attached hydrogens (primary N) is 1. The molecule has 0 aliphatic heterocycles. The Bertz CT molecular complexity index is 422. The second-order valence-electron chi connectivity index (χ2n) is 3.42. The minimum Gasteiger partial charge on any atom is -0.320 e. The zero-order chi connectivity index (χ0) is 10.7. The van der Waals surface area contributed by atoms with Crippen molar-refractivity contribution in [1.29, 1.82) is 0 Å². The first-order valence-corrected chi connectivity index (χ1v) is 5.87. The largest absolute Gasteiger partial charge is 0.320 e. The van der Waals surface area contributed by atoms with Crippen LogP contribution in [0.25, 0.3) is 0 Å². The summed E-state index contributed by atoms with van der Waals surface area (Å²) in [5.41, 5.74) is 7.23. The summed E-state index contributed by atoms with van der Waals surface area (Å²) in [6, 6.07) is 8.16. The van der Waals surface area contributed by atoms with Gasteiger partial charge in [-0.25, -0.2) is 0 Å². The average molecular weight is 218 g/mol. The Morgan fingerprint density at radius 2 is 2.27 bits per heavy atom. The fraction of sp³-hybridized carbons (Fsp3) is 0.250. The van der Waals surface area contributed by atoms with Crippen LogP contribution in [0.1, 0.15) is 28.3 Å². The van der Waals surface area contributed by atoms with E-state index in [2.05, 4.69) is 24.0 Å². The van der Waals surface area contributed by atoms with Crippen molar-refractivity contribution in [2.75, 3.05) is 0 Å². The molecule has 1 atom stereocenters. The van der Waals surface area contributed by atoms with Crippen LogP contribution in [-0.4, -0.2) is 4.98 Å². The van der Waals surface area contributed by atoms with Gasteiger partial charge in [-0.1, -0.05) is 13.0 Å². The van der Waals surface area contributed by atoms with Crippen LogP contribution in [0.5, 0.6) is 0 Å². The first kappa shape index (κ1) is 10.3. The van der Waals surface area contributed by atoms with Crippen LogP contribution >= 0.6 is 11.3 Å². The predicted molar refractivity (Wildman–Crippen MR) is 64.0 cm³/mol. The smallest absolute Gasteiger partial charge is 0.0661 e. The number of thiophene rings is 1. The molecule has 2 nitrogen and oxygen atoms in total. The van der Waals surface area contributed by atoms with E-state index in [0.717, 1.165) is 12.0 Å². The molecule has 0 aliphatic rings. The molecule has 0 radical (unpaired) electrons. The van der Waals surface area contributed by atoms with Crippen LogP contribution in [-0.2, 0) is 6.42 Å². The molecule has 0 spiro atoms. The highest BCUT2D eigenvalue weighted by Crippen LogP contribution is 2.26. The zero-order valence-corrected chi connectivity index (χ0v) is 9.50. The molecule has 1 unspecified atom stereocenters. The number of aromatic nitrogens is 1. The SMILES string of the molecule is CCc1ccc(C(N)c2cccnc2)s1. The highest BCUT2D eigenvalue weighted by Gasteiger charge is 2.10. The molecule has 0 saturated carbocycles. The van der Waals surface area contributed by atoms with E-state index in [9.17, 15) is 0 Å². The number of pyridine rings is 1. The summed E-state index contributed by atoms with van der Waals surface area (Å²) in [4.78, 5) is 6.67. The third-order valence-corrected chi connectivity index (χ3v) is 3.69. The lowest BCUT2D eigenvalue weighted by Gasteiger charge is -2.08. The lowest BCUT2D eigenvalue weighted by atomic mass is 10.1. The van der Waals surface area contributed by atoms with Gasteiger partial charge in [0.1, 0.15) is 0 Å². The van der Waals surface area contributed by atoms with E-state index >= 15 is 0 Å². The molecule has 0 aliphatic carbocycles. The van der Waals surface area contributed by atoms with Crippen molar-refractivity contribution in [3.63, 3.8) is 0 Å². The molecule has 15 heavy (non-hydrogen) atoms. The molecule has 0 aromatic carbocycles. The molecular weight excluding hydrogens is 204 g/mol. The molecule has 2 N–H and O–H groups in total. The Hall–Kier alpha value is -1.19. The predicted octanol–water partition coefficient (Wildman–Crippen LogP) is 2.75. The van der Waals surface area contributed by atoms with Crippen molar-refractivity contribution in [1.82, 2.24) is 4.98 Å². The van der Waals surface area contributed by atoms with Crippen molar-refractivity contribution in [2.45, 2.75) is 19.4 Å². The summed E-state index contributed by atoms with van der Waals surface area (Å²) in [5, 5.41) is 0. The van der Waals surface area contributed by atoms with Gasteiger partial charge < -0.3 is 5.73 Å². The summed E-state index contributed by atoms with van der Waals surface area (Å²) >= 11 is 1.78. The van der Waals surface area contributed by atoms with E-state index in [1.54, 1.807) is 17.5 Å². The molecule has 0 saturated heterocycles. The van der Waals surface area contributed by atoms with E-state index in [1.165, 1.54) is 9.75 Å². The van der Waals surface area contributed by atoms with Crippen molar-refractivity contribution in [2.24, 2.45) is 5.73 Å². The number of nitrogens with zero attached hydrogens (tertiary/aromatic N) is 1. The maximum absolute atomic E-state index is 6.15. The van der Waals surface area contributed by atoms with E-state index in [0.29, 0.717) is 0 Å². The number of aryl methyl sites for hydroxylation is 1. The van der Waals surface area contributed by atoms with Gasteiger partial charge in [0.15, 0.2) is 0 Å². The summed E-state index contributed by atoms with van der Waals surface area (Å²) in [6.07, 6.45) is 4.67. The van der Waals surface area contributed by atoms with Gasteiger partial charge in [0.25, 0.3) is 0 Å². The topological polar surface area (TPSA) is 38.9 Å². The second-order valence-corrected chi connectivity index (χ2v) is 4.62. The van der Waals surface area contributed by atoms with Crippen LogP contribution in [0, 0.1) is 0 Å². The molecule has 2 heterocycles. The van der Waals surface area contributed by atoms with Crippen LogP contribution in [0.4, 0.5) is 0 Å². The minimum absolute atomic E-state index is 0.0380. The molecule has 0 amide bonds. The quantitative estimate of drug-likeness (QED) is 0.860. The maximum atomic E-state index is 6.15. The Kier molecular flexibility index (Phi) is 3.14. The third-order valence-electron chi connectivity index (χ3n) is 2.38. The standard InChI is InChI=1S/C12H14N2S/c1-2-10-5-6-11(15-10)12(13)9-4-3-7-14-8-9/h3-8,12H,2,13H2,1H3. The van der Waals surface area contributed by atoms with Crippen LogP contribution < -0.4 is 5.73 Å². The Morgan fingerprint density at radius 3 is 2.87 bits per heavy atom. The highest BCUT2D eigenvalue weighted by atomic mass is 32.1. The normalized spacial score (nSPS) is 12.7. The fourth-order valence-electron chi connectivity index (χ4n) is 1.48. The zero-order valence-electron chi connectivity index (χ0n) is 8.68.